The van der Waals surface area contributed by atoms with E-state index in [0.29, 0.717) is 0 Å². The minimum Gasteiger partial charge on any atom is -0.0699 e. The standard InChI is InChI=1S/C55H96/c1-32(2)42-21-16-37(11)26-47(42)50-31-55(51-29-40(14)19-24-45(51)35(7)8,52-30-41(15)20-25-46(52)36(9)10)54(49-28-39(13)18-23-44(49)34(5)6)53(50)48-27-38(12)17-22-43(48)33(3)4/h31-49,51-52H,16-30H2,1-15H3. The van der Waals surface area contributed by atoms with Gasteiger partial charge in [-0.15, -0.1) is 0 Å². The van der Waals surface area contributed by atoms with Crippen LogP contribution in [0.5, 0.6) is 0 Å². The van der Waals surface area contributed by atoms with Crippen LogP contribution in [0.1, 0.15) is 200 Å². The van der Waals surface area contributed by atoms with Crippen molar-refractivity contribution in [1.29, 1.82) is 0 Å². The summed E-state index contributed by atoms with van der Waals surface area (Å²) in [4.78, 5) is 0. The van der Waals surface area contributed by atoms with E-state index in [1.807, 2.05) is 5.57 Å². The SMILES string of the molecule is CC1CCC(C(C)C)C(C2=CC(C3CC(C)CCC3C(C)C)(C3CC(C)CCC3C(C)C)C(C3CC(C)CCC3C(C)C)=C2C2CC(C)CCC2C(C)C)C1. The van der Waals surface area contributed by atoms with Gasteiger partial charge in [0.05, 0.1) is 0 Å². The fraction of sp³-hybridized carbons (Fsp3) is 0.927. The molecule has 0 aromatic heterocycles. The third-order valence-electron chi connectivity index (χ3n) is 18.9. The molecule has 6 rings (SSSR count). The van der Waals surface area contributed by atoms with Crippen LogP contribution in [0.25, 0.3) is 0 Å². The van der Waals surface area contributed by atoms with E-state index in [1.54, 1.807) is 0 Å². The fourth-order valence-electron chi connectivity index (χ4n) is 16.1. The van der Waals surface area contributed by atoms with Crippen molar-refractivity contribution >= 4 is 0 Å². The van der Waals surface area contributed by atoms with Gasteiger partial charge in [-0.25, -0.2) is 0 Å². The minimum absolute atomic E-state index is 0.219. The van der Waals surface area contributed by atoms with Crippen LogP contribution in [0, 0.1) is 124 Å². The maximum Gasteiger partial charge on any atom is 0.0168 e. The Bertz CT molecular complexity index is 1270. The molecule has 0 aliphatic heterocycles. The van der Waals surface area contributed by atoms with Gasteiger partial charge in [0, 0.05) is 5.41 Å². The van der Waals surface area contributed by atoms with Gasteiger partial charge in [0.25, 0.3) is 0 Å². The van der Waals surface area contributed by atoms with E-state index >= 15 is 0 Å². The molecule has 0 nitrogen and oxygen atoms in total. The summed E-state index contributed by atoms with van der Waals surface area (Å²) < 4.78 is 0. The molecule has 0 spiro atoms. The van der Waals surface area contributed by atoms with E-state index in [0.717, 1.165) is 118 Å². The van der Waals surface area contributed by atoms with E-state index in [9.17, 15) is 0 Å². The summed E-state index contributed by atoms with van der Waals surface area (Å²) in [6, 6.07) is 0. The minimum atomic E-state index is 0.219. The second-order valence-corrected chi connectivity index (χ2v) is 24.5. The average Bonchev–Trinajstić information content (AvgIpc) is 3.47. The zero-order valence-electron chi connectivity index (χ0n) is 39.7. The topological polar surface area (TPSA) is 0 Å². The Morgan fingerprint density at radius 2 is 0.691 bits per heavy atom. The lowest BCUT2D eigenvalue weighted by molar-refractivity contribution is -0.0316. The van der Waals surface area contributed by atoms with Crippen molar-refractivity contribution in [3.05, 3.63) is 22.8 Å². The molecule has 6 aliphatic carbocycles. The lowest BCUT2D eigenvalue weighted by atomic mass is 9.45. The van der Waals surface area contributed by atoms with Crippen LogP contribution < -0.4 is 0 Å². The summed E-state index contributed by atoms with van der Waals surface area (Å²) >= 11 is 0. The quantitative estimate of drug-likeness (QED) is 0.208. The monoisotopic (exact) mass is 757 g/mol. The van der Waals surface area contributed by atoms with Crippen molar-refractivity contribution < 1.29 is 0 Å². The van der Waals surface area contributed by atoms with E-state index < -0.39 is 0 Å². The highest BCUT2D eigenvalue weighted by atomic mass is 14.6. The molecule has 0 N–H and O–H groups in total. The largest absolute Gasteiger partial charge is 0.0699 e. The molecule has 316 valence electrons. The Labute approximate surface area is 345 Å². The highest BCUT2D eigenvalue weighted by Gasteiger charge is 2.61. The van der Waals surface area contributed by atoms with E-state index in [4.69, 9.17) is 0 Å². The summed E-state index contributed by atoms with van der Waals surface area (Å²) in [6.07, 6.45) is 25.1. The maximum atomic E-state index is 3.35. The summed E-state index contributed by atoms with van der Waals surface area (Å²) in [5.41, 5.74) is 6.48. The zero-order chi connectivity index (χ0) is 40.1. The van der Waals surface area contributed by atoms with Gasteiger partial charge < -0.3 is 0 Å². The molecule has 5 saturated carbocycles. The molecule has 0 saturated heterocycles. The van der Waals surface area contributed by atoms with Gasteiger partial charge in [0.15, 0.2) is 0 Å². The molecule has 0 amide bonds. The Balaban J connectivity index is 1.79. The van der Waals surface area contributed by atoms with Gasteiger partial charge in [-0.1, -0.05) is 148 Å². The van der Waals surface area contributed by atoms with Crippen LogP contribution in [-0.2, 0) is 0 Å². The molecule has 0 aromatic carbocycles. The van der Waals surface area contributed by atoms with Gasteiger partial charge in [0.1, 0.15) is 0 Å². The molecule has 5 fully saturated rings. The van der Waals surface area contributed by atoms with Gasteiger partial charge in [-0.05, 0) is 194 Å². The number of hydrogen-bond donors (Lipinski definition) is 0. The van der Waals surface area contributed by atoms with Gasteiger partial charge in [0.2, 0.25) is 0 Å². The third kappa shape index (κ3) is 8.72. The highest BCUT2D eigenvalue weighted by molar-refractivity contribution is 5.55. The van der Waals surface area contributed by atoms with Gasteiger partial charge in [-0.2, -0.15) is 0 Å². The molecule has 15 atom stereocenters. The first-order chi connectivity index (χ1) is 26.0. The second kappa shape index (κ2) is 18.0. The maximum absolute atomic E-state index is 3.35. The number of allylic oxidation sites excluding steroid dienone is 4. The Morgan fingerprint density at radius 1 is 0.382 bits per heavy atom. The summed E-state index contributed by atoms with van der Waals surface area (Å²) in [5, 5.41) is 0. The van der Waals surface area contributed by atoms with Crippen molar-refractivity contribution in [3.63, 3.8) is 0 Å². The molecular weight excluding hydrogens is 661 g/mol. The van der Waals surface area contributed by atoms with Crippen molar-refractivity contribution in [2.75, 3.05) is 0 Å². The normalized spacial score (nSPS) is 45.0. The average molecular weight is 757 g/mol. The number of hydrogen-bond acceptors (Lipinski definition) is 0. The zero-order valence-corrected chi connectivity index (χ0v) is 39.7. The lowest BCUT2D eigenvalue weighted by Crippen LogP contribution is -2.52. The van der Waals surface area contributed by atoms with E-state index in [-0.39, 0.29) is 5.41 Å². The molecule has 6 aliphatic rings. The van der Waals surface area contributed by atoms with Crippen molar-refractivity contribution in [3.8, 4) is 0 Å². The highest BCUT2D eigenvalue weighted by Crippen LogP contribution is 2.70. The predicted molar refractivity (Wildman–Crippen MR) is 242 cm³/mol. The first-order valence-corrected chi connectivity index (χ1v) is 25.4. The Hall–Kier alpha value is -0.520. The third-order valence-corrected chi connectivity index (χ3v) is 18.9. The van der Waals surface area contributed by atoms with Gasteiger partial charge >= 0.3 is 0 Å². The Kier molecular flexibility index (Phi) is 14.4. The molecule has 0 radical (unpaired) electrons. The van der Waals surface area contributed by atoms with E-state index in [2.05, 4.69) is 121 Å². The fourth-order valence-corrected chi connectivity index (χ4v) is 16.1. The molecule has 0 bridgehead atoms. The first-order valence-electron chi connectivity index (χ1n) is 25.4. The van der Waals surface area contributed by atoms with Crippen LogP contribution in [0.2, 0.25) is 0 Å². The summed E-state index contributed by atoms with van der Waals surface area (Å²) in [6.45, 7) is 39.8. The van der Waals surface area contributed by atoms with Crippen molar-refractivity contribution in [2.45, 2.75) is 200 Å². The molecule has 55 heavy (non-hydrogen) atoms. The number of rotatable bonds is 10. The first kappa shape index (κ1) is 44.0. The van der Waals surface area contributed by atoms with Crippen LogP contribution in [0.3, 0.4) is 0 Å². The summed E-state index contributed by atoms with van der Waals surface area (Å²) in [5.74, 6) is 16.0. The predicted octanol–water partition coefficient (Wildman–Crippen LogP) is 16.8. The van der Waals surface area contributed by atoms with E-state index in [1.165, 1.54) is 96.3 Å². The van der Waals surface area contributed by atoms with Crippen molar-refractivity contribution in [1.82, 2.24) is 0 Å². The second-order valence-electron chi connectivity index (χ2n) is 24.5. The van der Waals surface area contributed by atoms with Gasteiger partial charge in [-0.3, -0.25) is 0 Å². The molecule has 0 heterocycles. The molecule has 0 aromatic rings. The molecular formula is C55H96. The Morgan fingerprint density at radius 3 is 1.09 bits per heavy atom. The van der Waals surface area contributed by atoms with Crippen LogP contribution in [0.15, 0.2) is 22.8 Å². The van der Waals surface area contributed by atoms with Crippen LogP contribution >= 0.6 is 0 Å². The molecule has 0 heteroatoms. The van der Waals surface area contributed by atoms with Crippen LogP contribution in [0.4, 0.5) is 0 Å². The van der Waals surface area contributed by atoms with Crippen LogP contribution in [-0.4, -0.2) is 0 Å². The molecule has 15 unspecified atom stereocenters. The summed E-state index contributed by atoms with van der Waals surface area (Å²) in [7, 11) is 0. The lowest BCUT2D eigenvalue weighted by Gasteiger charge is -2.59. The van der Waals surface area contributed by atoms with Crippen molar-refractivity contribution in [2.24, 2.45) is 124 Å². The smallest absolute Gasteiger partial charge is 0.0168 e.